The molecular formula is C13H9ClN2S. The van der Waals surface area contributed by atoms with E-state index in [1.54, 1.807) is 11.3 Å². The molecule has 0 bridgehead atoms. The molecule has 84 valence electrons. The zero-order valence-electron chi connectivity index (χ0n) is 8.85. The fraction of sp³-hybridized carbons (Fsp3) is 0. The maximum atomic E-state index is 6.11. The van der Waals surface area contributed by atoms with Crippen LogP contribution in [0.1, 0.15) is 0 Å². The quantitative estimate of drug-likeness (QED) is 0.666. The molecule has 0 aliphatic heterocycles. The number of aromatic nitrogens is 1. The number of anilines is 1. The summed E-state index contributed by atoms with van der Waals surface area (Å²) in [5.74, 6) is 0. The molecule has 0 spiro atoms. The Balaban J connectivity index is 2.22. The summed E-state index contributed by atoms with van der Waals surface area (Å²) in [6, 6.07) is 13.5. The molecule has 0 aliphatic carbocycles. The number of benzene rings is 2. The third-order valence-electron chi connectivity index (χ3n) is 2.50. The molecule has 0 fully saturated rings. The SMILES string of the molecule is Nc1cccc(-c2nc3c(Cl)cccc3s2)c1. The van der Waals surface area contributed by atoms with Crippen molar-refractivity contribution in [1.82, 2.24) is 4.98 Å². The van der Waals surface area contributed by atoms with Gasteiger partial charge in [0.2, 0.25) is 0 Å². The molecule has 4 heteroatoms. The van der Waals surface area contributed by atoms with Gasteiger partial charge in [0.1, 0.15) is 10.5 Å². The van der Waals surface area contributed by atoms with Crippen LogP contribution in [0.2, 0.25) is 5.02 Å². The Morgan fingerprint density at radius 2 is 1.94 bits per heavy atom. The van der Waals surface area contributed by atoms with E-state index in [0.29, 0.717) is 5.02 Å². The molecular weight excluding hydrogens is 252 g/mol. The lowest BCUT2D eigenvalue weighted by molar-refractivity contribution is 1.48. The van der Waals surface area contributed by atoms with Gasteiger partial charge in [-0.15, -0.1) is 11.3 Å². The normalized spacial score (nSPS) is 10.9. The minimum atomic E-state index is 0.689. The minimum Gasteiger partial charge on any atom is -0.399 e. The predicted molar refractivity (Wildman–Crippen MR) is 74.5 cm³/mol. The molecule has 0 saturated carbocycles. The molecule has 0 amide bonds. The van der Waals surface area contributed by atoms with Crippen LogP contribution < -0.4 is 5.73 Å². The average molecular weight is 261 g/mol. The Morgan fingerprint density at radius 1 is 1.12 bits per heavy atom. The highest BCUT2D eigenvalue weighted by molar-refractivity contribution is 7.21. The van der Waals surface area contributed by atoms with E-state index < -0.39 is 0 Å². The predicted octanol–water partition coefficient (Wildman–Crippen LogP) is 4.20. The standard InChI is InChI=1S/C13H9ClN2S/c14-10-5-2-6-11-12(10)16-13(17-11)8-3-1-4-9(15)7-8/h1-7H,15H2. The van der Waals surface area contributed by atoms with Crippen molar-refractivity contribution in [2.45, 2.75) is 0 Å². The number of fused-ring (bicyclic) bond motifs is 1. The van der Waals surface area contributed by atoms with Crippen LogP contribution in [0.5, 0.6) is 0 Å². The van der Waals surface area contributed by atoms with Crippen molar-refractivity contribution in [3.05, 3.63) is 47.5 Å². The van der Waals surface area contributed by atoms with Crippen LogP contribution in [0.25, 0.3) is 20.8 Å². The Labute approximate surface area is 108 Å². The van der Waals surface area contributed by atoms with Gasteiger partial charge in [-0.3, -0.25) is 0 Å². The number of hydrogen-bond acceptors (Lipinski definition) is 3. The zero-order valence-corrected chi connectivity index (χ0v) is 10.4. The van der Waals surface area contributed by atoms with Crippen LogP contribution >= 0.6 is 22.9 Å². The summed E-state index contributed by atoms with van der Waals surface area (Å²) in [6.45, 7) is 0. The van der Waals surface area contributed by atoms with Gasteiger partial charge in [-0.25, -0.2) is 4.98 Å². The van der Waals surface area contributed by atoms with Crippen molar-refractivity contribution in [3.63, 3.8) is 0 Å². The van der Waals surface area contributed by atoms with E-state index in [4.69, 9.17) is 17.3 Å². The first kappa shape index (κ1) is 10.6. The highest BCUT2D eigenvalue weighted by atomic mass is 35.5. The van der Waals surface area contributed by atoms with E-state index in [9.17, 15) is 0 Å². The second-order valence-electron chi connectivity index (χ2n) is 3.73. The third-order valence-corrected chi connectivity index (χ3v) is 3.88. The van der Waals surface area contributed by atoms with Crippen LogP contribution in [0.3, 0.4) is 0 Å². The van der Waals surface area contributed by atoms with Crippen LogP contribution in [-0.2, 0) is 0 Å². The molecule has 1 aromatic heterocycles. The molecule has 3 rings (SSSR count). The summed E-state index contributed by atoms with van der Waals surface area (Å²) in [5.41, 5.74) is 8.40. The first-order chi connectivity index (χ1) is 8.24. The molecule has 2 N–H and O–H groups in total. The fourth-order valence-corrected chi connectivity index (χ4v) is 2.97. The van der Waals surface area contributed by atoms with Gasteiger partial charge in [0.05, 0.1) is 9.72 Å². The van der Waals surface area contributed by atoms with Gasteiger partial charge >= 0.3 is 0 Å². The number of halogens is 1. The summed E-state index contributed by atoms with van der Waals surface area (Å²) in [6.07, 6.45) is 0. The molecule has 2 aromatic carbocycles. The van der Waals surface area contributed by atoms with Crippen LogP contribution in [0.4, 0.5) is 5.69 Å². The van der Waals surface area contributed by atoms with Crippen molar-refractivity contribution in [2.24, 2.45) is 0 Å². The Morgan fingerprint density at radius 3 is 2.71 bits per heavy atom. The maximum absolute atomic E-state index is 6.11. The Bertz CT molecular complexity index is 691. The van der Waals surface area contributed by atoms with Gasteiger partial charge in [0, 0.05) is 11.3 Å². The average Bonchev–Trinajstić information content (AvgIpc) is 2.74. The Kier molecular flexibility index (Phi) is 2.50. The van der Waals surface area contributed by atoms with Crippen molar-refractivity contribution in [3.8, 4) is 10.6 Å². The number of thiazole rings is 1. The molecule has 2 nitrogen and oxygen atoms in total. The van der Waals surface area contributed by atoms with Gasteiger partial charge in [-0.2, -0.15) is 0 Å². The lowest BCUT2D eigenvalue weighted by Gasteiger charge is -1.96. The van der Waals surface area contributed by atoms with E-state index >= 15 is 0 Å². The number of hydrogen-bond donors (Lipinski definition) is 1. The number of rotatable bonds is 1. The van der Waals surface area contributed by atoms with Crippen LogP contribution in [0, 0.1) is 0 Å². The molecule has 0 unspecified atom stereocenters. The summed E-state index contributed by atoms with van der Waals surface area (Å²) in [5, 5.41) is 1.63. The van der Waals surface area contributed by atoms with Crippen LogP contribution in [0.15, 0.2) is 42.5 Å². The minimum absolute atomic E-state index is 0.689. The smallest absolute Gasteiger partial charge is 0.124 e. The molecule has 0 radical (unpaired) electrons. The Hall–Kier alpha value is -1.58. The first-order valence-corrected chi connectivity index (χ1v) is 6.34. The summed E-state index contributed by atoms with van der Waals surface area (Å²) in [4.78, 5) is 4.55. The number of nitrogens with zero attached hydrogens (tertiary/aromatic N) is 1. The van der Waals surface area contributed by atoms with Gasteiger partial charge in [0.25, 0.3) is 0 Å². The molecule has 0 saturated heterocycles. The van der Waals surface area contributed by atoms with Crippen molar-refractivity contribution in [2.75, 3.05) is 5.73 Å². The van der Waals surface area contributed by atoms with E-state index in [2.05, 4.69) is 4.98 Å². The summed E-state index contributed by atoms with van der Waals surface area (Å²) in [7, 11) is 0. The highest BCUT2D eigenvalue weighted by Gasteiger charge is 2.08. The molecule has 3 aromatic rings. The topological polar surface area (TPSA) is 38.9 Å². The van der Waals surface area contributed by atoms with E-state index in [0.717, 1.165) is 26.5 Å². The van der Waals surface area contributed by atoms with Gasteiger partial charge in [-0.05, 0) is 24.3 Å². The highest BCUT2D eigenvalue weighted by Crippen LogP contribution is 2.33. The number of nitrogen functional groups attached to an aromatic ring is 1. The lowest BCUT2D eigenvalue weighted by atomic mass is 10.2. The van der Waals surface area contributed by atoms with Gasteiger partial charge in [0.15, 0.2) is 0 Å². The van der Waals surface area contributed by atoms with Gasteiger partial charge in [-0.1, -0.05) is 29.8 Å². The molecule has 0 atom stereocenters. The molecule has 1 heterocycles. The number of nitrogens with two attached hydrogens (primary N) is 1. The third kappa shape index (κ3) is 1.88. The number of para-hydroxylation sites is 1. The summed E-state index contributed by atoms with van der Waals surface area (Å²) < 4.78 is 1.09. The molecule has 0 aliphatic rings. The second-order valence-corrected chi connectivity index (χ2v) is 5.17. The van der Waals surface area contributed by atoms with E-state index in [1.807, 2.05) is 42.5 Å². The maximum Gasteiger partial charge on any atom is 0.124 e. The van der Waals surface area contributed by atoms with E-state index in [1.165, 1.54) is 0 Å². The first-order valence-electron chi connectivity index (χ1n) is 5.15. The molecule has 17 heavy (non-hydrogen) atoms. The monoisotopic (exact) mass is 260 g/mol. The largest absolute Gasteiger partial charge is 0.399 e. The van der Waals surface area contributed by atoms with Crippen molar-refractivity contribution >= 4 is 38.8 Å². The zero-order chi connectivity index (χ0) is 11.8. The van der Waals surface area contributed by atoms with Crippen LogP contribution in [-0.4, -0.2) is 4.98 Å². The lowest BCUT2D eigenvalue weighted by Crippen LogP contribution is -1.84. The van der Waals surface area contributed by atoms with E-state index in [-0.39, 0.29) is 0 Å². The fourth-order valence-electron chi connectivity index (χ4n) is 1.71. The van der Waals surface area contributed by atoms with Crippen molar-refractivity contribution < 1.29 is 0 Å². The van der Waals surface area contributed by atoms with Gasteiger partial charge < -0.3 is 5.73 Å². The summed E-state index contributed by atoms with van der Waals surface area (Å²) >= 11 is 7.73. The second kappa shape index (κ2) is 4.02. The van der Waals surface area contributed by atoms with Crippen molar-refractivity contribution in [1.29, 1.82) is 0 Å².